The van der Waals surface area contributed by atoms with Crippen LogP contribution in [-0.2, 0) is 0 Å². The van der Waals surface area contributed by atoms with Crippen molar-refractivity contribution in [3.8, 4) is 0 Å². The van der Waals surface area contributed by atoms with Crippen molar-refractivity contribution in [1.29, 1.82) is 0 Å². The Kier molecular flexibility index (Phi) is 9.14. The van der Waals surface area contributed by atoms with Gasteiger partial charge in [-0.2, -0.15) is 0 Å². The van der Waals surface area contributed by atoms with Crippen LogP contribution in [0.4, 0.5) is 0 Å². The van der Waals surface area contributed by atoms with Crippen molar-refractivity contribution in [3.63, 3.8) is 0 Å². The van der Waals surface area contributed by atoms with Gasteiger partial charge in [0.2, 0.25) is 0 Å². The van der Waals surface area contributed by atoms with Gasteiger partial charge in [0.25, 0.3) is 14.1 Å². The largest absolute Gasteiger partial charge is 0.255 e. The molecule has 0 aliphatic heterocycles. The number of hydrogen-bond donors (Lipinski definition) is 0. The summed E-state index contributed by atoms with van der Waals surface area (Å²) in [6, 6.07) is 0. The fraction of sp³-hybridized carbons (Fsp3) is 1.00. The Bertz CT molecular complexity index is 106. The minimum atomic E-state index is -0.228. The summed E-state index contributed by atoms with van der Waals surface area (Å²) < 4.78 is 0. The Morgan fingerprint density at radius 2 is 1.57 bits per heavy atom. The molecule has 0 unspecified atom stereocenters. The highest BCUT2D eigenvalue weighted by atomic mass is 27.2. The molecule has 0 aromatic heterocycles. The van der Waals surface area contributed by atoms with E-state index in [9.17, 15) is 0 Å². The molecule has 1 saturated carbocycles. The van der Waals surface area contributed by atoms with Crippen LogP contribution in [0, 0.1) is 11.8 Å². The van der Waals surface area contributed by atoms with Gasteiger partial charge in [-0.05, 0) is 5.92 Å². The second kappa shape index (κ2) is 8.81. The summed E-state index contributed by atoms with van der Waals surface area (Å²) in [6.07, 6.45) is 7.44. The fourth-order valence-electron chi connectivity index (χ4n) is 2.25. The lowest BCUT2D eigenvalue weighted by molar-refractivity contribution is 0.385. The van der Waals surface area contributed by atoms with Crippen LogP contribution >= 0.6 is 0 Å². The molecule has 0 atom stereocenters. The van der Waals surface area contributed by atoms with Gasteiger partial charge in [0, 0.05) is 0 Å². The van der Waals surface area contributed by atoms with Crippen LogP contribution in [0.25, 0.3) is 0 Å². The molecule has 0 N–H and O–H groups in total. The average Bonchev–Trinajstić information content (AvgIpc) is 2.03. The quantitative estimate of drug-likeness (QED) is 0.566. The van der Waals surface area contributed by atoms with E-state index in [-0.39, 0.29) is 14.1 Å². The highest BCUT2D eigenvalue weighted by Crippen LogP contribution is 2.22. The van der Waals surface area contributed by atoms with Crippen LogP contribution in [0.5, 0.6) is 0 Å². The smallest absolute Gasteiger partial charge is 0.106 e. The number of hydrogen-bond acceptors (Lipinski definition) is 0. The topological polar surface area (TPSA) is 0 Å². The molecule has 0 aromatic carbocycles. The van der Waals surface area contributed by atoms with Crippen molar-refractivity contribution < 1.29 is 0 Å². The zero-order chi connectivity index (χ0) is 11.0. The van der Waals surface area contributed by atoms with E-state index in [2.05, 4.69) is 32.3 Å². The van der Waals surface area contributed by atoms with Crippen molar-refractivity contribution in [1.82, 2.24) is 0 Å². The molecule has 1 fully saturated rings. The zero-order valence-electron chi connectivity index (χ0n) is 11.0. The van der Waals surface area contributed by atoms with Crippen LogP contribution in [-0.4, -0.2) is 14.1 Å². The van der Waals surface area contributed by atoms with Gasteiger partial charge in [-0.25, -0.2) is 0 Å². The van der Waals surface area contributed by atoms with Crippen LogP contribution in [0.3, 0.4) is 0 Å². The van der Waals surface area contributed by atoms with E-state index in [0.717, 1.165) is 11.8 Å². The summed E-state index contributed by atoms with van der Waals surface area (Å²) in [5.41, 5.74) is 0. The molecule has 0 spiro atoms. The molecule has 1 rings (SSSR count). The Morgan fingerprint density at radius 1 is 1.07 bits per heavy atom. The first-order valence-electron chi connectivity index (χ1n) is 6.52. The van der Waals surface area contributed by atoms with E-state index in [0.29, 0.717) is 0 Å². The molecule has 0 saturated heterocycles. The first-order valence-corrected chi connectivity index (χ1v) is 9.65. The van der Waals surface area contributed by atoms with Crippen molar-refractivity contribution >= 4 is 14.1 Å². The third-order valence-corrected chi connectivity index (χ3v) is 4.72. The van der Waals surface area contributed by atoms with E-state index in [1.165, 1.54) is 37.4 Å². The van der Waals surface area contributed by atoms with Crippen LogP contribution in [0.15, 0.2) is 0 Å². The van der Waals surface area contributed by atoms with Gasteiger partial charge in [-0.1, -0.05) is 64.1 Å². The molecule has 14 heavy (non-hydrogen) atoms. The Hall–Kier alpha value is 0.532. The lowest BCUT2D eigenvalue weighted by Crippen LogP contribution is -2.02. The van der Waals surface area contributed by atoms with E-state index in [1.54, 1.807) is 0 Å². The summed E-state index contributed by atoms with van der Waals surface area (Å²) >= 11 is -0.228. The van der Waals surface area contributed by atoms with Gasteiger partial charge < -0.3 is 0 Å². The predicted molar refractivity (Wildman–Crippen MR) is 69.4 cm³/mol. The second-order valence-corrected chi connectivity index (χ2v) is 9.03. The lowest BCUT2D eigenvalue weighted by atomic mass is 9.91. The van der Waals surface area contributed by atoms with Crippen LogP contribution in [0.2, 0.25) is 16.9 Å². The molecule has 1 heteroatoms. The molecule has 0 radical (unpaired) electrons. The maximum atomic E-state index is 2.40. The average molecular weight is 212 g/mol. The summed E-state index contributed by atoms with van der Waals surface area (Å²) in [5, 5.41) is 1.50. The maximum absolute atomic E-state index is 2.40. The number of rotatable bonds is 2. The van der Waals surface area contributed by atoms with Gasteiger partial charge in [0.05, 0.1) is 0 Å². The molecule has 0 nitrogen and oxygen atoms in total. The molecule has 0 aromatic rings. The van der Waals surface area contributed by atoms with E-state index in [1.807, 2.05) is 0 Å². The van der Waals surface area contributed by atoms with Crippen molar-refractivity contribution in [2.75, 3.05) is 0 Å². The second-order valence-electron chi connectivity index (χ2n) is 5.77. The minimum absolute atomic E-state index is 0.228. The SMILES string of the molecule is CC(C)[CH2][Al]([CH3])[CH3].CC1CCCCC1. The Morgan fingerprint density at radius 3 is 1.71 bits per heavy atom. The molecule has 0 heterocycles. The Balaban J connectivity index is 0.000000241. The summed E-state index contributed by atoms with van der Waals surface area (Å²) in [6.45, 7) is 6.96. The predicted octanol–water partition coefficient (Wildman–Crippen LogP) is 4.98. The molecule has 1 aliphatic rings. The normalized spacial score (nSPS) is 17.6. The highest BCUT2D eigenvalue weighted by Gasteiger charge is 2.06. The first kappa shape index (κ1) is 14.5. The molecule has 0 bridgehead atoms. The molecule has 84 valence electrons. The van der Waals surface area contributed by atoms with E-state index in [4.69, 9.17) is 0 Å². The standard InChI is InChI=1S/C7H14.C4H9.2CH3.Al/c1-7-5-3-2-4-6-7;1-4(2)3;;;/h7H,2-6H2,1H3;4H,1H2,2-3H3;2*1H3;. The summed E-state index contributed by atoms with van der Waals surface area (Å²) in [7, 11) is 0. The zero-order valence-corrected chi connectivity index (χ0v) is 12.1. The van der Waals surface area contributed by atoms with Crippen molar-refractivity contribution in [2.24, 2.45) is 11.8 Å². The van der Waals surface area contributed by atoms with Gasteiger partial charge in [0.15, 0.2) is 0 Å². The van der Waals surface area contributed by atoms with Gasteiger partial charge in [-0.15, -0.1) is 11.6 Å². The minimum Gasteiger partial charge on any atom is -0.106 e. The lowest BCUT2D eigenvalue weighted by Gasteiger charge is -2.15. The molecule has 0 amide bonds. The fourth-order valence-corrected chi connectivity index (χ4v) is 4.14. The Labute approximate surface area is 95.9 Å². The van der Waals surface area contributed by atoms with Crippen molar-refractivity contribution in [2.45, 2.75) is 69.7 Å². The third kappa shape index (κ3) is 10.6. The van der Waals surface area contributed by atoms with Crippen LogP contribution < -0.4 is 0 Å². The van der Waals surface area contributed by atoms with Gasteiger partial charge in [0.1, 0.15) is 0 Å². The molecule has 1 aliphatic carbocycles. The maximum Gasteiger partial charge on any atom is 0.255 e. The highest BCUT2D eigenvalue weighted by molar-refractivity contribution is 6.55. The van der Waals surface area contributed by atoms with Crippen LogP contribution in [0.1, 0.15) is 52.9 Å². The van der Waals surface area contributed by atoms with E-state index >= 15 is 0 Å². The third-order valence-electron chi connectivity index (χ3n) is 2.84. The monoisotopic (exact) mass is 212 g/mol. The first-order chi connectivity index (χ1) is 6.52. The van der Waals surface area contributed by atoms with E-state index < -0.39 is 0 Å². The van der Waals surface area contributed by atoms with Crippen molar-refractivity contribution in [3.05, 3.63) is 0 Å². The summed E-state index contributed by atoms with van der Waals surface area (Å²) in [4.78, 5) is 0. The van der Waals surface area contributed by atoms with Gasteiger partial charge in [-0.3, -0.25) is 0 Å². The molecular weight excluding hydrogens is 183 g/mol. The molecular formula is C13H29Al. The summed E-state index contributed by atoms with van der Waals surface area (Å²) in [5.74, 6) is 6.78. The van der Waals surface area contributed by atoms with Gasteiger partial charge >= 0.3 is 0 Å².